The highest BCUT2D eigenvalue weighted by Gasteiger charge is 2.32. The number of carbonyl (C=O) groups excluding carboxylic acids is 2. The van der Waals surface area contributed by atoms with Gasteiger partial charge in [0.05, 0.1) is 32.8 Å². The van der Waals surface area contributed by atoms with Crippen LogP contribution >= 0.6 is 0 Å². The molecule has 1 aliphatic rings. The van der Waals surface area contributed by atoms with Gasteiger partial charge in [-0.25, -0.2) is 0 Å². The van der Waals surface area contributed by atoms with Crippen molar-refractivity contribution >= 4 is 11.8 Å². The standard InChI is InChI=1S/C25H33N3O3/c1-4-31-22-12-10-21(11-13-22)24(29)26-23(19(2)3)25(30)28-16-14-27(15-17-28)18-20-8-6-5-7-9-20/h5-13,19,23H,4,14-18H2,1-3H3,(H,26,29)/p+1/t23-/m0/s1. The van der Waals surface area contributed by atoms with E-state index in [0.717, 1.165) is 25.4 Å². The Morgan fingerprint density at radius 1 is 1.03 bits per heavy atom. The summed E-state index contributed by atoms with van der Waals surface area (Å²) in [4.78, 5) is 29.3. The van der Waals surface area contributed by atoms with E-state index >= 15 is 0 Å². The molecule has 2 aromatic rings. The van der Waals surface area contributed by atoms with E-state index in [1.165, 1.54) is 10.5 Å². The lowest BCUT2D eigenvalue weighted by atomic mass is 10.0. The van der Waals surface area contributed by atoms with Gasteiger partial charge in [0.1, 0.15) is 18.3 Å². The Hall–Kier alpha value is -2.86. The summed E-state index contributed by atoms with van der Waals surface area (Å²) in [5.41, 5.74) is 1.85. The van der Waals surface area contributed by atoms with Crippen molar-refractivity contribution in [2.45, 2.75) is 33.4 Å². The Morgan fingerprint density at radius 3 is 2.26 bits per heavy atom. The molecule has 0 unspecified atom stereocenters. The number of hydrogen-bond donors (Lipinski definition) is 2. The minimum absolute atomic E-state index is 0.00745. The van der Waals surface area contributed by atoms with Crippen LogP contribution in [0.2, 0.25) is 0 Å². The summed E-state index contributed by atoms with van der Waals surface area (Å²) < 4.78 is 5.43. The van der Waals surface area contributed by atoms with Crippen molar-refractivity contribution in [3.63, 3.8) is 0 Å². The summed E-state index contributed by atoms with van der Waals surface area (Å²) in [6.45, 7) is 10.7. The highest BCUT2D eigenvalue weighted by atomic mass is 16.5. The van der Waals surface area contributed by atoms with Crippen LogP contribution in [0.4, 0.5) is 0 Å². The van der Waals surface area contributed by atoms with Gasteiger partial charge in [0.15, 0.2) is 0 Å². The molecule has 0 aromatic heterocycles. The molecule has 1 aliphatic heterocycles. The van der Waals surface area contributed by atoms with Gasteiger partial charge in [0.2, 0.25) is 5.91 Å². The summed E-state index contributed by atoms with van der Waals surface area (Å²) in [5.74, 6) is 0.511. The average Bonchev–Trinajstić information content (AvgIpc) is 2.78. The molecule has 2 N–H and O–H groups in total. The van der Waals surface area contributed by atoms with Crippen molar-refractivity contribution < 1.29 is 19.2 Å². The van der Waals surface area contributed by atoms with Gasteiger partial charge in [-0.1, -0.05) is 44.2 Å². The molecule has 2 aromatic carbocycles. The lowest BCUT2D eigenvalue weighted by Crippen LogP contribution is -3.13. The molecule has 31 heavy (non-hydrogen) atoms. The van der Waals surface area contributed by atoms with E-state index in [-0.39, 0.29) is 17.7 Å². The number of carbonyl (C=O) groups is 2. The highest BCUT2D eigenvalue weighted by molar-refractivity contribution is 5.97. The Morgan fingerprint density at radius 2 is 1.68 bits per heavy atom. The van der Waals surface area contributed by atoms with Crippen LogP contribution < -0.4 is 15.0 Å². The molecule has 0 saturated carbocycles. The quantitative estimate of drug-likeness (QED) is 0.679. The van der Waals surface area contributed by atoms with Gasteiger partial charge in [-0.3, -0.25) is 9.59 Å². The van der Waals surface area contributed by atoms with Crippen LogP contribution in [0.5, 0.6) is 5.75 Å². The van der Waals surface area contributed by atoms with E-state index in [9.17, 15) is 9.59 Å². The molecule has 6 nitrogen and oxygen atoms in total. The number of rotatable bonds is 8. The lowest BCUT2D eigenvalue weighted by Gasteiger charge is -2.35. The molecule has 1 heterocycles. The predicted octanol–water partition coefficient (Wildman–Crippen LogP) is 1.77. The van der Waals surface area contributed by atoms with Crippen molar-refractivity contribution in [1.29, 1.82) is 0 Å². The minimum atomic E-state index is -0.533. The number of nitrogens with zero attached hydrogens (tertiary/aromatic N) is 1. The molecule has 3 rings (SSSR count). The number of benzene rings is 2. The summed E-state index contributed by atoms with van der Waals surface area (Å²) >= 11 is 0. The van der Waals surface area contributed by atoms with E-state index in [2.05, 4.69) is 29.6 Å². The first kappa shape index (κ1) is 22.8. The maximum absolute atomic E-state index is 13.2. The third kappa shape index (κ3) is 6.31. The summed E-state index contributed by atoms with van der Waals surface area (Å²) in [6.07, 6.45) is 0. The van der Waals surface area contributed by atoms with Crippen molar-refractivity contribution in [3.8, 4) is 5.75 Å². The van der Waals surface area contributed by atoms with E-state index in [1.807, 2.05) is 31.7 Å². The molecule has 6 heteroatoms. The van der Waals surface area contributed by atoms with Crippen LogP contribution in [0, 0.1) is 5.92 Å². The van der Waals surface area contributed by atoms with Gasteiger partial charge in [0, 0.05) is 11.1 Å². The Kier molecular flexibility index (Phi) is 8.06. The van der Waals surface area contributed by atoms with Crippen LogP contribution in [-0.2, 0) is 11.3 Å². The van der Waals surface area contributed by atoms with Crippen molar-refractivity contribution in [3.05, 3.63) is 65.7 Å². The number of nitrogens with one attached hydrogen (secondary N) is 2. The molecular weight excluding hydrogens is 390 g/mol. The first-order valence-electron chi connectivity index (χ1n) is 11.2. The topological polar surface area (TPSA) is 63.1 Å². The van der Waals surface area contributed by atoms with E-state index in [0.29, 0.717) is 25.3 Å². The second-order valence-corrected chi connectivity index (χ2v) is 8.39. The monoisotopic (exact) mass is 424 g/mol. The first-order chi connectivity index (χ1) is 15.0. The summed E-state index contributed by atoms with van der Waals surface area (Å²) in [6, 6.07) is 16.9. The molecule has 1 saturated heterocycles. The van der Waals surface area contributed by atoms with E-state index < -0.39 is 6.04 Å². The summed E-state index contributed by atoms with van der Waals surface area (Å²) in [7, 11) is 0. The number of quaternary nitrogens is 1. The lowest BCUT2D eigenvalue weighted by molar-refractivity contribution is -0.917. The number of amides is 2. The zero-order chi connectivity index (χ0) is 22.2. The molecule has 0 aliphatic carbocycles. The maximum Gasteiger partial charge on any atom is 0.251 e. The Balaban J connectivity index is 1.56. The van der Waals surface area contributed by atoms with Gasteiger partial charge in [-0.15, -0.1) is 0 Å². The largest absolute Gasteiger partial charge is 0.494 e. The molecule has 1 atom stereocenters. The zero-order valence-electron chi connectivity index (χ0n) is 18.8. The normalized spacial score (nSPS) is 15.5. The predicted molar refractivity (Wildman–Crippen MR) is 121 cm³/mol. The van der Waals surface area contributed by atoms with E-state index in [4.69, 9.17) is 4.74 Å². The second kappa shape index (κ2) is 11.0. The molecule has 0 radical (unpaired) electrons. The van der Waals surface area contributed by atoms with Crippen molar-refractivity contribution in [2.24, 2.45) is 5.92 Å². The molecule has 2 amide bonds. The minimum Gasteiger partial charge on any atom is -0.494 e. The van der Waals surface area contributed by atoms with Gasteiger partial charge < -0.3 is 19.9 Å². The van der Waals surface area contributed by atoms with Crippen molar-refractivity contribution in [1.82, 2.24) is 10.2 Å². The van der Waals surface area contributed by atoms with Crippen LogP contribution in [0.15, 0.2) is 54.6 Å². The third-order valence-electron chi connectivity index (χ3n) is 5.73. The fourth-order valence-corrected chi connectivity index (χ4v) is 3.91. The van der Waals surface area contributed by atoms with E-state index in [1.54, 1.807) is 24.3 Å². The maximum atomic E-state index is 13.2. The SMILES string of the molecule is CCOc1ccc(C(=O)N[C@H](C(=O)N2CC[NH+](Cc3ccccc3)CC2)C(C)C)cc1. The fourth-order valence-electron chi connectivity index (χ4n) is 3.91. The van der Waals surface area contributed by atoms with Gasteiger partial charge in [-0.2, -0.15) is 0 Å². The van der Waals surface area contributed by atoms with Crippen LogP contribution in [0.25, 0.3) is 0 Å². The second-order valence-electron chi connectivity index (χ2n) is 8.39. The van der Waals surface area contributed by atoms with Crippen LogP contribution in [0.3, 0.4) is 0 Å². The molecule has 1 fully saturated rings. The highest BCUT2D eigenvalue weighted by Crippen LogP contribution is 2.14. The number of hydrogen-bond acceptors (Lipinski definition) is 3. The third-order valence-corrected chi connectivity index (χ3v) is 5.73. The van der Waals surface area contributed by atoms with Crippen LogP contribution in [0.1, 0.15) is 36.7 Å². The first-order valence-corrected chi connectivity index (χ1v) is 11.2. The zero-order valence-corrected chi connectivity index (χ0v) is 18.8. The average molecular weight is 425 g/mol. The smallest absolute Gasteiger partial charge is 0.251 e. The van der Waals surface area contributed by atoms with Crippen molar-refractivity contribution in [2.75, 3.05) is 32.8 Å². The number of piperazine rings is 1. The molecular formula is C25H34N3O3+. The van der Waals surface area contributed by atoms with Gasteiger partial charge >= 0.3 is 0 Å². The Bertz CT molecular complexity index is 844. The van der Waals surface area contributed by atoms with Gasteiger partial charge in [0.25, 0.3) is 5.91 Å². The molecule has 0 bridgehead atoms. The summed E-state index contributed by atoms with van der Waals surface area (Å²) in [5, 5.41) is 2.95. The Labute approximate surface area is 185 Å². The molecule has 166 valence electrons. The fraction of sp³-hybridized carbons (Fsp3) is 0.440. The van der Waals surface area contributed by atoms with Gasteiger partial charge in [-0.05, 0) is 37.1 Å². The molecule has 0 spiro atoms. The van der Waals surface area contributed by atoms with Crippen LogP contribution in [-0.4, -0.2) is 55.5 Å². The number of ether oxygens (including phenoxy) is 1.